The molecule has 1 fully saturated rings. The van der Waals surface area contributed by atoms with Crippen LogP contribution >= 0.6 is 0 Å². The number of benzene rings is 1. The Balaban J connectivity index is 1.34. The summed E-state index contributed by atoms with van der Waals surface area (Å²) in [4.78, 5) is 38.1. The molecule has 0 radical (unpaired) electrons. The Morgan fingerprint density at radius 2 is 1.79 bits per heavy atom. The van der Waals surface area contributed by atoms with Crippen molar-refractivity contribution in [1.82, 2.24) is 15.5 Å². The third-order valence-electron chi connectivity index (χ3n) is 4.62. The summed E-state index contributed by atoms with van der Waals surface area (Å²) in [7, 11) is 0. The number of amides is 4. The van der Waals surface area contributed by atoms with E-state index in [-0.39, 0.29) is 30.8 Å². The minimum absolute atomic E-state index is 0.00704. The van der Waals surface area contributed by atoms with Crippen molar-refractivity contribution >= 4 is 23.5 Å². The number of carbonyl (C=O) groups is 3. The predicted octanol–water partition coefficient (Wildman–Crippen LogP) is 1.96. The summed E-state index contributed by atoms with van der Waals surface area (Å²) in [6, 6.07) is 12.3. The summed E-state index contributed by atoms with van der Waals surface area (Å²) in [6.45, 7) is 1.61. The number of anilines is 1. The maximum absolute atomic E-state index is 12.3. The maximum Gasteiger partial charge on any atom is 0.321 e. The number of likely N-dealkylation sites (tertiary alicyclic amines) is 1. The molecule has 1 aliphatic heterocycles. The van der Waals surface area contributed by atoms with Crippen LogP contribution in [0.5, 0.6) is 0 Å². The second-order valence-electron chi connectivity index (χ2n) is 6.72. The van der Waals surface area contributed by atoms with Crippen molar-refractivity contribution in [2.45, 2.75) is 19.4 Å². The molecule has 0 spiro atoms. The topological polar surface area (TPSA) is 104 Å². The molecule has 28 heavy (non-hydrogen) atoms. The first-order valence-corrected chi connectivity index (χ1v) is 9.28. The van der Waals surface area contributed by atoms with Crippen LogP contribution in [0.25, 0.3) is 0 Å². The van der Waals surface area contributed by atoms with Crippen molar-refractivity contribution in [2.75, 3.05) is 25.0 Å². The van der Waals surface area contributed by atoms with Crippen molar-refractivity contribution in [3.63, 3.8) is 0 Å². The molecule has 1 saturated heterocycles. The minimum Gasteiger partial charge on any atom is -0.467 e. The van der Waals surface area contributed by atoms with Crippen LogP contribution in [0.15, 0.2) is 53.1 Å². The maximum atomic E-state index is 12.3. The van der Waals surface area contributed by atoms with Crippen LogP contribution in [0.4, 0.5) is 10.5 Å². The SMILES string of the molecule is O=C(CN1CCC(C(=O)Nc2ccccc2)CC1)NC(=O)NCc1ccco1. The molecule has 2 heterocycles. The smallest absolute Gasteiger partial charge is 0.321 e. The van der Waals surface area contributed by atoms with Crippen LogP contribution in [0.1, 0.15) is 18.6 Å². The second-order valence-corrected chi connectivity index (χ2v) is 6.72. The predicted molar refractivity (Wildman–Crippen MR) is 103 cm³/mol. The number of piperidine rings is 1. The largest absolute Gasteiger partial charge is 0.467 e. The van der Waals surface area contributed by atoms with Crippen molar-refractivity contribution in [3.05, 3.63) is 54.5 Å². The van der Waals surface area contributed by atoms with E-state index < -0.39 is 6.03 Å². The lowest BCUT2D eigenvalue weighted by molar-refractivity contribution is -0.122. The van der Waals surface area contributed by atoms with Gasteiger partial charge in [0.25, 0.3) is 0 Å². The van der Waals surface area contributed by atoms with Gasteiger partial charge in [-0.05, 0) is 50.2 Å². The first-order valence-electron chi connectivity index (χ1n) is 9.28. The highest BCUT2D eigenvalue weighted by Gasteiger charge is 2.26. The number of imide groups is 1. The zero-order valence-electron chi connectivity index (χ0n) is 15.5. The number of hydrogen-bond donors (Lipinski definition) is 3. The molecule has 2 aromatic rings. The van der Waals surface area contributed by atoms with Crippen LogP contribution < -0.4 is 16.0 Å². The van der Waals surface area contributed by atoms with E-state index in [0.29, 0.717) is 31.7 Å². The van der Waals surface area contributed by atoms with Gasteiger partial charge in [0.1, 0.15) is 5.76 Å². The Kier molecular flexibility index (Phi) is 6.80. The molecular weight excluding hydrogens is 360 g/mol. The number of furan rings is 1. The third-order valence-corrected chi connectivity index (χ3v) is 4.62. The van der Waals surface area contributed by atoms with Crippen LogP contribution in [0.3, 0.4) is 0 Å². The van der Waals surface area contributed by atoms with Gasteiger partial charge in [0.15, 0.2) is 0 Å². The molecular formula is C20H24N4O4. The summed E-state index contributed by atoms with van der Waals surface area (Å²) in [6.07, 6.45) is 2.87. The number of rotatable bonds is 6. The van der Waals surface area contributed by atoms with Crippen LogP contribution in [-0.4, -0.2) is 42.4 Å². The summed E-state index contributed by atoms with van der Waals surface area (Å²) >= 11 is 0. The van der Waals surface area contributed by atoms with Gasteiger partial charge in [0.2, 0.25) is 11.8 Å². The number of para-hydroxylation sites is 1. The monoisotopic (exact) mass is 384 g/mol. The number of nitrogens with one attached hydrogen (secondary N) is 3. The fourth-order valence-electron chi connectivity index (χ4n) is 3.11. The lowest BCUT2D eigenvalue weighted by Gasteiger charge is -2.30. The van der Waals surface area contributed by atoms with Gasteiger partial charge in [0.05, 0.1) is 19.4 Å². The minimum atomic E-state index is -0.557. The summed E-state index contributed by atoms with van der Waals surface area (Å²) < 4.78 is 5.11. The van der Waals surface area contributed by atoms with E-state index in [1.807, 2.05) is 35.2 Å². The normalized spacial score (nSPS) is 15.0. The van der Waals surface area contributed by atoms with Gasteiger partial charge < -0.3 is 15.1 Å². The molecule has 1 aromatic carbocycles. The first kappa shape index (κ1) is 19.6. The van der Waals surface area contributed by atoms with Gasteiger partial charge in [0, 0.05) is 11.6 Å². The number of urea groups is 1. The van der Waals surface area contributed by atoms with E-state index in [4.69, 9.17) is 4.42 Å². The highest BCUT2D eigenvalue weighted by molar-refractivity contribution is 5.95. The molecule has 0 aliphatic carbocycles. The van der Waals surface area contributed by atoms with E-state index in [0.717, 1.165) is 5.69 Å². The molecule has 3 N–H and O–H groups in total. The molecule has 1 aliphatic rings. The van der Waals surface area contributed by atoms with Gasteiger partial charge in [-0.25, -0.2) is 4.79 Å². The molecule has 1 aromatic heterocycles. The summed E-state index contributed by atoms with van der Waals surface area (Å²) in [5.74, 6) is 0.172. The lowest BCUT2D eigenvalue weighted by atomic mass is 9.96. The molecule has 0 bridgehead atoms. The number of nitrogens with zero attached hydrogens (tertiary/aromatic N) is 1. The fraction of sp³-hybridized carbons (Fsp3) is 0.350. The lowest BCUT2D eigenvalue weighted by Crippen LogP contribution is -2.46. The Morgan fingerprint density at radius 3 is 2.46 bits per heavy atom. The molecule has 8 heteroatoms. The average molecular weight is 384 g/mol. The van der Waals surface area contributed by atoms with Crippen molar-refractivity contribution < 1.29 is 18.8 Å². The second kappa shape index (κ2) is 9.70. The molecule has 4 amide bonds. The molecule has 0 unspecified atom stereocenters. The van der Waals surface area contributed by atoms with E-state index in [2.05, 4.69) is 16.0 Å². The van der Waals surface area contributed by atoms with Crippen molar-refractivity contribution in [1.29, 1.82) is 0 Å². The van der Waals surface area contributed by atoms with Gasteiger partial charge in [-0.1, -0.05) is 18.2 Å². The van der Waals surface area contributed by atoms with E-state index in [1.54, 1.807) is 12.1 Å². The number of hydrogen-bond acceptors (Lipinski definition) is 5. The fourth-order valence-corrected chi connectivity index (χ4v) is 3.11. The molecule has 148 valence electrons. The zero-order valence-corrected chi connectivity index (χ0v) is 15.5. The standard InChI is InChI=1S/C20H24N4O4/c25-18(23-20(27)21-13-17-7-4-12-28-17)14-24-10-8-15(9-11-24)19(26)22-16-5-2-1-3-6-16/h1-7,12,15H,8-11,13-14H2,(H,22,26)(H2,21,23,25,27). The molecule has 8 nitrogen and oxygen atoms in total. The Labute approximate surface area is 163 Å². The zero-order chi connectivity index (χ0) is 19.8. The highest BCUT2D eigenvalue weighted by Crippen LogP contribution is 2.19. The summed E-state index contributed by atoms with van der Waals surface area (Å²) in [5, 5.41) is 7.79. The summed E-state index contributed by atoms with van der Waals surface area (Å²) in [5.41, 5.74) is 0.787. The van der Waals surface area contributed by atoms with E-state index in [9.17, 15) is 14.4 Å². The Morgan fingerprint density at radius 1 is 1.04 bits per heavy atom. The molecule has 3 rings (SSSR count). The van der Waals surface area contributed by atoms with Gasteiger partial charge in [-0.15, -0.1) is 0 Å². The molecule has 0 atom stereocenters. The van der Waals surface area contributed by atoms with Crippen LogP contribution in [0.2, 0.25) is 0 Å². The van der Waals surface area contributed by atoms with Gasteiger partial charge in [-0.3, -0.25) is 19.8 Å². The van der Waals surface area contributed by atoms with Crippen LogP contribution in [0, 0.1) is 5.92 Å². The quantitative estimate of drug-likeness (QED) is 0.706. The van der Waals surface area contributed by atoms with E-state index >= 15 is 0 Å². The highest BCUT2D eigenvalue weighted by atomic mass is 16.3. The van der Waals surface area contributed by atoms with E-state index in [1.165, 1.54) is 6.26 Å². The van der Waals surface area contributed by atoms with Crippen molar-refractivity contribution in [3.8, 4) is 0 Å². The molecule has 0 saturated carbocycles. The Bertz CT molecular complexity index is 784. The van der Waals surface area contributed by atoms with Gasteiger partial charge in [-0.2, -0.15) is 0 Å². The first-order chi connectivity index (χ1) is 13.6. The average Bonchev–Trinajstić information content (AvgIpc) is 3.21. The van der Waals surface area contributed by atoms with Crippen LogP contribution in [-0.2, 0) is 16.1 Å². The van der Waals surface area contributed by atoms with Crippen molar-refractivity contribution in [2.24, 2.45) is 5.92 Å². The van der Waals surface area contributed by atoms with Gasteiger partial charge >= 0.3 is 6.03 Å². The number of carbonyl (C=O) groups excluding carboxylic acids is 3. The third kappa shape index (κ3) is 5.95. The Hall–Kier alpha value is -3.13.